The van der Waals surface area contributed by atoms with Crippen molar-refractivity contribution in [1.29, 1.82) is 0 Å². The van der Waals surface area contributed by atoms with Crippen LogP contribution in [0.5, 0.6) is 40.2 Å². The van der Waals surface area contributed by atoms with Gasteiger partial charge in [-0.15, -0.1) is 0 Å². The molecular weight excluding hydrogens is 490 g/mol. The van der Waals surface area contributed by atoms with Crippen molar-refractivity contribution in [2.24, 2.45) is 0 Å². The summed E-state index contributed by atoms with van der Waals surface area (Å²) in [6.45, 7) is 0.708. The van der Waals surface area contributed by atoms with Crippen LogP contribution in [0.1, 0.15) is 27.5 Å². The Morgan fingerprint density at radius 3 is 1.87 bits per heavy atom. The predicted molar refractivity (Wildman–Crippen MR) is 142 cm³/mol. The monoisotopic (exact) mass is 523 g/mol. The van der Waals surface area contributed by atoms with Crippen molar-refractivity contribution in [3.63, 3.8) is 0 Å². The first-order valence-corrected chi connectivity index (χ1v) is 12.1. The normalized spacial score (nSPS) is 14.3. The Bertz CT molecular complexity index is 1250. The first-order valence-electron chi connectivity index (χ1n) is 12.1. The molecule has 0 spiro atoms. The van der Waals surface area contributed by atoms with Crippen LogP contribution in [0.3, 0.4) is 0 Å². The lowest BCUT2D eigenvalue weighted by Crippen LogP contribution is -2.42. The molecule has 3 aromatic carbocycles. The maximum absolute atomic E-state index is 14.0. The number of carbonyl (C=O) groups excluding carboxylic acids is 1. The summed E-state index contributed by atoms with van der Waals surface area (Å²) in [7, 11) is 9.38. The van der Waals surface area contributed by atoms with Gasteiger partial charge in [-0.2, -0.15) is 0 Å². The molecule has 0 radical (unpaired) electrons. The highest BCUT2D eigenvalue weighted by molar-refractivity contribution is 5.96. The maximum Gasteiger partial charge on any atom is 0.254 e. The minimum atomic E-state index is -0.396. The lowest BCUT2D eigenvalue weighted by atomic mass is 9.91. The van der Waals surface area contributed by atoms with Crippen molar-refractivity contribution in [2.75, 3.05) is 55.8 Å². The summed E-state index contributed by atoms with van der Waals surface area (Å²) in [6, 6.07) is 14.1. The third-order valence-corrected chi connectivity index (χ3v) is 6.64. The van der Waals surface area contributed by atoms with Crippen molar-refractivity contribution in [3.05, 3.63) is 65.2 Å². The second kappa shape index (κ2) is 11.9. The lowest BCUT2D eigenvalue weighted by Gasteiger charge is -2.37. The molecule has 0 saturated heterocycles. The van der Waals surface area contributed by atoms with Crippen molar-refractivity contribution in [3.8, 4) is 40.2 Å². The number of nitrogens with zero attached hydrogens (tertiary/aromatic N) is 1. The smallest absolute Gasteiger partial charge is 0.254 e. The quantitative estimate of drug-likeness (QED) is 0.383. The summed E-state index contributed by atoms with van der Waals surface area (Å²) in [5, 5.41) is 0. The van der Waals surface area contributed by atoms with Crippen molar-refractivity contribution in [1.82, 2.24) is 4.90 Å². The summed E-state index contributed by atoms with van der Waals surface area (Å²) in [6.07, 6.45) is 0.644. The predicted octanol–water partition coefficient (Wildman–Crippen LogP) is 4.56. The Morgan fingerprint density at radius 1 is 0.737 bits per heavy atom. The molecule has 202 valence electrons. The van der Waals surface area contributed by atoms with E-state index in [2.05, 4.69) is 0 Å². The van der Waals surface area contributed by atoms with Gasteiger partial charge < -0.3 is 38.1 Å². The summed E-state index contributed by atoms with van der Waals surface area (Å²) >= 11 is 0. The average Bonchev–Trinajstić information content (AvgIpc) is 2.97. The highest BCUT2D eigenvalue weighted by Gasteiger charge is 2.34. The van der Waals surface area contributed by atoms with E-state index >= 15 is 0 Å². The van der Waals surface area contributed by atoms with Gasteiger partial charge >= 0.3 is 0 Å². The molecule has 0 N–H and O–H groups in total. The topological polar surface area (TPSA) is 84.9 Å². The molecule has 0 aromatic heterocycles. The zero-order valence-corrected chi connectivity index (χ0v) is 22.5. The van der Waals surface area contributed by atoms with E-state index < -0.39 is 6.04 Å². The third kappa shape index (κ3) is 5.22. The Morgan fingerprint density at radius 2 is 1.32 bits per heavy atom. The standard InChI is InChI=1S/C29H33NO8/c1-32-20-7-9-21(10-8-20)38-17-23-22-16-25(34-3)24(33-2)13-18(22)11-12-30(23)29(31)19-14-26(35-4)28(37-6)27(15-19)36-5/h7-10,13-16,23H,11-12,17H2,1-6H3. The van der Waals surface area contributed by atoms with Gasteiger partial charge in [0.2, 0.25) is 5.75 Å². The van der Waals surface area contributed by atoms with Crippen LogP contribution in [0.4, 0.5) is 0 Å². The number of methoxy groups -OCH3 is 6. The van der Waals surface area contributed by atoms with Crippen molar-refractivity contribution in [2.45, 2.75) is 12.5 Å². The van der Waals surface area contributed by atoms with Crippen LogP contribution < -0.4 is 33.2 Å². The van der Waals surface area contributed by atoms with Crippen LogP contribution in [0.25, 0.3) is 0 Å². The van der Waals surface area contributed by atoms with Gasteiger partial charge in [-0.05, 0) is 66.1 Å². The second-order valence-electron chi connectivity index (χ2n) is 8.57. The van der Waals surface area contributed by atoms with E-state index in [1.165, 1.54) is 21.3 Å². The Kier molecular flexibility index (Phi) is 8.35. The fourth-order valence-corrected chi connectivity index (χ4v) is 4.67. The van der Waals surface area contributed by atoms with Crippen molar-refractivity contribution >= 4 is 5.91 Å². The minimum Gasteiger partial charge on any atom is -0.497 e. The van der Waals surface area contributed by atoms with Crippen LogP contribution in [-0.2, 0) is 6.42 Å². The zero-order chi connectivity index (χ0) is 27.2. The first-order chi connectivity index (χ1) is 18.5. The molecule has 1 atom stereocenters. The van der Waals surface area contributed by atoms with Crippen LogP contribution in [-0.4, -0.2) is 66.6 Å². The van der Waals surface area contributed by atoms with Gasteiger partial charge in [-0.25, -0.2) is 0 Å². The van der Waals surface area contributed by atoms with Gasteiger partial charge in [0.15, 0.2) is 23.0 Å². The molecule has 1 unspecified atom stereocenters. The number of ether oxygens (including phenoxy) is 7. The summed E-state index contributed by atoms with van der Waals surface area (Å²) in [4.78, 5) is 15.8. The van der Waals surface area contributed by atoms with Crippen molar-refractivity contribution < 1.29 is 38.0 Å². The SMILES string of the molecule is COc1ccc(OCC2c3cc(OC)c(OC)cc3CCN2C(=O)c2cc(OC)c(OC)c(OC)c2)cc1. The molecule has 0 fully saturated rings. The molecule has 9 heteroatoms. The van der Waals surface area contributed by atoms with Gasteiger partial charge in [-0.1, -0.05) is 0 Å². The largest absolute Gasteiger partial charge is 0.497 e. The van der Waals surface area contributed by atoms with E-state index in [0.29, 0.717) is 53.0 Å². The molecule has 4 rings (SSSR count). The number of benzene rings is 3. The summed E-state index contributed by atoms with van der Waals surface area (Å²) in [5.74, 6) is 3.68. The molecule has 1 heterocycles. The van der Waals surface area contributed by atoms with Crippen LogP contribution >= 0.6 is 0 Å². The minimum absolute atomic E-state index is 0.187. The Hall–Kier alpha value is -4.27. The molecule has 1 aliphatic heterocycles. The molecule has 3 aromatic rings. The molecule has 9 nitrogen and oxygen atoms in total. The number of rotatable bonds is 10. The molecular formula is C29H33NO8. The lowest BCUT2D eigenvalue weighted by molar-refractivity contribution is 0.0588. The Labute approximate surface area is 222 Å². The van der Waals surface area contributed by atoms with E-state index in [1.807, 2.05) is 36.4 Å². The van der Waals surface area contributed by atoms with Gasteiger partial charge in [0.05, 0.1) is 48.7 Å². The molecule has 0 saturated carbocycles. The molecule has 1 amide bonds. The highest BCUT2D eigenvalue weighted by Crippen LogP contribution is 2.41. The number of fused-ring (bicyclic) bond motifs is 1. The number of carbonyl (C=O) groups is 1. The number of amides is 1. The van der Waals surface area contributed by atoms with E-state index in [0.717, 1.165) is 16.9 Å². The van der Waals surface area contributed by atoms with Crippen LogP contribution in [0, 0.1) is 0 Å². The fourth-order valence-electron chi connectivity index (χ4n) is 4.67. The van der Waals surface area contributed by atoms with E-state index in [9.17, 15) is 4.79 Å². The fraction of sp³-hybridized carbons (Fsp3) is 0.345. The maximum atomic E-state index is 14.0. The third-order valence-electron chi connectivity index (χ3n) is 6.64. The second-order valence-corrected chi connectivity index (χ2v) is 8.57. The van der Waals surface area contributed by atoms with Crippen LogP contribution in [0.2, 0.25) is 0 Å². The highest BCUT2D eigenvalue weighted by atomic mass is 16.5. The molecule has 0 bridgehead atoms. The van der Waals surface area contributed by atoms with Crippen LogP contribution in [0.15, 0.2) is 48.5 Å². The number of hydrogen-bond acceptors (Lipinski definition) is 8. The van der Waals surface area contributed by atoms with Gasteiger partial charge in [0, 0.05) is 12.1 Å². The van der Waals surface area contributed by atoms with Gasteiger partial charge in [0.25, 0.3) is 5.91 Å². The van der Waals surface area contributed by atoms with E-state index in [4.69, 9.17) is 33.2 Å². The van der Waals surface area contributed by atoms with Gasteiger partial charge in [-0.3, -0.25) is 4.79 Å². The zero-order valence-electron chi connectivity index (χ0n) is 22.5. The average molecular weight is 524 g/mol. The first kappa shape index (κ1) is 26.8. The summed E-state index contributed by atoms with van der Waals surface area (Å²) < 4.78 is 38.9. The number of hydrogen-bond donors (Lipinski definition) is 0. The molecule has 38 heavy (non-hydrogen) atoms. The van der Waals surface area contributed by atoms with Gasteiger partial charge in [0.1, 0.15) is 18.1 Å². The Balaban J connectivity index is 1.73. The molecule has 0 aliphatic carbocycles. The van der Waals surface area contributed by atoms with E-state index in [1.54, 1.807) is 38.4 Å². The summed E-state index contributed by atoms with van der Waals surface area (Å²) in [5.41, 5.74) is 2.42. The molecule has 1 aliphatic rings. The van der Waals surface area contributed by atoms with E-state index in [-0.39, 0.29) is 12.5 Å².